The van der Waals surface area contributed by atoms with E-state index in [2.05, 4.69) is 4.18 Å². The third-order valence-corrected chi connectivity index (χ3v) is 3.70. The fourth-order valence-electron chi connectivity index (χ4n) is 1.69. The van der Waals surface area contributed by atoms with Crippen LogP contribution in [0.4, 0.5) is 0 Å². The Balaban J connectivity index is 2.89. The van der Waals surface area contributed by atoms with Gasteiger partial charge in [0.15, 0.2) is 11.5 Å². The molecule has 2 rings (SSSR count). The van der Waals surface area contributed by atoms with Crippen molar-refractivity contribution in [2.75, 3.05) is 0 Å². The molecule has 20 heavy (non-hydrogen) atoms. The van der Waals surface area contributed by atoms with Crippen LogP contribution in [0.25, 0.3) is 10.8 Å². The highest BCUT2D eigenvalue weighted by atomic mass is 32.3. The SMILES string of the molecule is O=S(=O)(O)Oc1cc(S(=O)(=O)O)c2ccccc2c1O. The highest BCUT2D eigenvalue weighted by Gasteiger charge is 2.22. The molecule has 0 spiro atoms. The van der Waals surface area contributed by atoms with Crippen LogP contribution in [-0.2, 0) is 20.5 Å². The van der Waals surface area contributed by atoms with E-state index in [0.717, 1.165) is 0 Å². The molecule has 0 unspecified atom stereocenters. The molecular weight excluding hydrogens is 312 g/mol. The Morgan fingerprint density at radius 3 is 2.00 bits per heavy atom. The van der Waals surface area contributed by atoms with Crippen molar-refractivity contribution in [2.45, 2.75) is 4.90 Å². The van der Waals surface area contributed by atoms with E-state index < -0.39 is 36.9 Å². The van der Waals surface area contributed by atoms with E-state index in [-0.39, 0.29) is 10.8 Å². The summed E-state index contributed by atoms with van der Waals surface area (Å²) in [4.78, 5) is -0.662. The molecule has 2 aromatic rings. The summed E-state index contributed by atoms with van der Waals surface area (Å²) in [5.74, 6) is -1.51. The van der Waals surface area contributed by atoms with E-state index in [1.54, 1.807) is 0 Å². The molecule has 0 fully saturated rings. The van der Waals surface area contributed by atoms with Crippen LogP contribution in [0.3, 0.4) is 0 Å². The standard InChI is InChI=1S/C10H8O8S2/c11-10-7-4-2-1-3-6(7)9(19(12,13)14)5-8(10)18-20(15,16)17/h1-5,11H,(H,12,13,14)(H,15,16,17). The molecule has 2 aromatic carbocycles. The maximum Gasteiger partial charge on any atom is 0.446 e. The molecule has 0 aliphatic carbocycles. The van der Waals surface area contributed by atoms with Crippen LogP contribution in [0, 0.1) is 0 Å². The van der Waals surface area contributed by atoms with Gasteiger partial charge in [-0.1, -0.05) is 24.3 Å². The number of rotatable bonds is 3. The van der Waals surface area contributed by atoms with Crippen molar-refractivity contribution in [3.63, 3.8) is 0 Å². The maximum absolute atomic E-state index is 11.3. The Morgan fingerprint density at radius 2 is 1.50 bits per heavy atom. The van der Waals surface area contributed by atoms with Crippen molar-refractivity contribution in [2.24, 2.45) is 0 Å². The molecule has 0 radical (unpaired) electrons. The lowest BCUT2D eigenvalue weighted by Crippen LogP contribution is -2.08. The molecule has 3 N–H and O–H groups in total. The first-order valence-electron chi connectivity index (χ1n) is 4.99. The molecule has 8 nitrogen and oxygen atoms in total. The Labute approximate surface area is 113 Å². The lowest BCUT2D eigenvalue weighted by Gasteiger charge is -2.10. The van der Waals surface area contributed by atoms with Gasteiger partial charge in [-0.25, -0.2) is 0 Å². The zero-order chi connectivity index (χ0) is 15.1. The smallest absolute Gasteiger partial charge is 0.446 e. The van der Waals surface area contributed by atoms with E-state index in [9.17, 15) is 21.9 Å². The normalized spacial score (nSPS) is 12.5. The van der Waals surface area contributed by atoms with Crippen molar-refractivity contribution in [3.05, 3.63) is 30.3 Å². The molecule has 0 aliphatic rings. The van der Waals surface area contributed by atoms with Gasteiger partial charge in [-0.2, -0.15) is 16.8 Å². The summed E-state index contributed by atoms with van der Waals surface area (Å²) in [5.41, 5.74) is 0. The number of phenols is 1. The molecule has 0 atom stereocenters. The Hall–Kier alpha value is -1.88. The van der Waals surface area contributed by atoms with E-state index in [0.29, 0.717) is 6.07 Å². The third-order valence-electron chi connectivity index (χ3n) is 2.42. The largest absolute Gasteiger partial charge is 0.504 e. The van der Waals surface area contributed by atoms with Crippen LogP contribution in [0.2, 0.25) is 0 Å². The molecule has 10 heteroatoms. The number of phenolic OH excluding ortho intramolecular Hbond substituents is 1. The lowest BCUT2D eigenvalue weighted by molar-refractivity contribution is 0.371. The molecular formula is C10H8O8S2. The van der Waals surface area contributed by atoms with E-state index in [1.165, 1.54) is 24.3 Å². The van der Waals surface area contributed by atoms with Gasteiger partial charge in [0.25, 0.3) is 10.1 Å². The molecule has 0 saturated heterocycles. The second-order valence-corrected chi connectivity index (χ2v) is 6.17. The number of hydrogen-bond acceptors (Lipinski definition) is 6. The highest BCUT2D eigenvalue weighted by Crippen LogP contribution is 2.39. The fraction of sp³-hybridized carbons (Fsp3) is 0. The monoisotopic (exact) mass is 320 g/mol. The van der Waals surface area contributed by atoms with E-state index in [1.807, 2.05) is 0 Å². The minimum absolute atomic E-state index is 0.0322. The maximum atomic E-state index is 11.3. The van der Waals surface area contributed by atoms with Crippen LogP contribution >= 0.6 is 0 Å². The third kappa shape index (κ3) is 2.82. The average molecular weight is 320 g/mol. The Kier molecular flexibility index (Phi) is 3.34. The van der Waals surface area contributed by atoms with Crippen LogP contribution in [-0.4, -0.2) is 31.0 Å². The summed E-state index contributed by atoms with van der Waals surface area (Å²) < 4.78 is 65.7. The Bertz CT molecular complexity index is 883. The summed E-state index contributed by atoms with van der Waals surface area (Å²) in [6, 6.07) is 6.10. The van der Waals surface area contributed by atoms with Gasteiger partial charge < -0.3 is 9.29 Å². The molecule has 108 valence electrons. The minimum Gasteiger partial charge on any atom is -0.504 e. The number of fused-ring (bicyclic) bond motifs is 1. The van der Waals surface area contributed by atoms with Gasteiger partial charge >= 0.3 is 10.4 Å². The first kappa shape index (κ1) is 14.5. The van der Waals surface area contributed by atoms with Crippen molar-refractivity contribution >= 4 is 31.3 Å². The predicted molar refractivity (Wildman–Crippen MR) is 67.6 cm³/mol. The highest BCUT2D eigenvalue weighted by molar-refractivity contribution is 7.86. The average Bonchev–Trinajstić information content (AvgIpc) is 2.30. The summed E-state index contributed by atoms with van der Waals surface area (Å²) in [6.45, 7) is 0. The van der Waals surface area contributed by atoms with E-state index >= 15 is 0 Å². The van der Waals surface area contributed by atoms with Crippen molar-refractivity contribution in [1.82, 2.24) is 0 Å². The summed E-state index contributed by atoms with van der Waals surface area (Å²) in [6.07, 6.45) is 0. The first-order valence-corrected chi connectivity index (χ1v) is 7.79. The quantitative estimate of drug-likeness (QED) is 0.711. The zero-order valence-corrected chi connectivity index (χ0v) is 11.2. The first-order chi connectivity index (χ1) is 9.09. The molecule has 0 aliphatic heterocycles. The van der Waals surface area contributed by atoms with Gasteiger partial charge in [0.1, 0.15) is 4.90 Å². The molecule has 0 saturated carbocycles. The van der Waals surface area contributed by atoms with Crippen LogP contribution < -0.4 is 4.18 Å². The second kappa shape index (κ2) is 4.59. The van der Waals surface area contributed by atoms with Gasteiger partial charge in [-0.05, 0) is 0 Å². The van der Waals surface area contributed by atoms with Gasteiger partial charge in [-0.15, -0.1) is 0 Å². The predicted octanol–water partition coefficient (Wildman–Crippen LogP) is 0.974. The number of hydrogen-bond donors (Lipinski definition) is 3. The van der Waals surface area contributed by atoms with Crippen LogP contribution in [0.5, 0.6) is 11.5 Å². The van der Waals surface area contributed by atoms with Crippen molar-refractivity contribution in [1.29, 1.82) is 0 Å². The van der Waals surface area contributed by atoms with Gasteiger partial charge in [0.05, 0.1) is 0 Å². The van der Waals surface area contributed by atoms with Crippen molar-refractivity contribution < 1.29 is 35.2 Å². The van der Waals surface area contributed by atoms with Gasteiger partial charge in [-0.3, -0.25) is 9.11 Å². The van der Waals surface area contributed by atoms with Crippen molar-refractivity contribution in [3.8, 4) is 11.5 Å². The Morgan fingerprint density at radius 1 is 0.950 bits per heavy atom. The van der Waals surface area contributed by atoms with Crippen LogP contribution in [0.1, 0.15) is 0 Å². The van der Waals surface area contributed by atoms with Gasteiger partial charge in [0.2, 0.25) is 0 Å². The van der Waals surface area contributed by atoms with E-state index in [4.69, 9.17) is 9.11 Å². The van der Waals surface area contributed by atoms with Crippen LogP contribution in [0.15, 0.2) is 35.2 Å². The summed E-state index contributed by atoms with van der Waals surface area (Å²) in [7, 11) is -9.66. The fourth-order valence-corrected chi connectivity index (χ4v) is 2.76. The molecule has 0 heterocycles. The summed E-state index contributed by atoms with van der Waals surface area (Å²) in [5, 5.41) is 9.73. The molecule has 0 aromatic heterocycles. The zero-order valence-electron chi connectivity index (χ0n) is 9.59. The molecule has 0 bridgehead atoms. The van der Waals surface area contributed by atoms with Gasteiger partial charge in [0, 0.05) is 16.8 Å². The number of aromatic hydroxyl groups is 1. The molecule has 0 amide bonds. The summed E-state index contributed by atoms with van der Waals surface area (Å²) >= 11 is 0. The topological polar surface area (TPSA) is 138 Å². The second-order valence-electron chi connectivity index (χ2n) is 3.75. The minimum atomic E-state index is -4.97. The lowest BCUT2D eigenvalue weighted by atomic mass is 10.1. The number of benzene rings is 2.